The minimum absolute atomic E-state index is 0.134. The van der Waals surface area contributed by atoms with Gasteiger partial charge in [-0.05, 0) is 47.9 Å². The maximum absolute atomic E-state index is 13.0. The lowest BCUT2D eigenvalue weighted by molar-refractivity contribution is 0.0948. The van der Waals surface area contributed by atoms with E-state index < -0.39 is 0 Å². The van der Waals surface area contributed by atoms with E-state index >= 15 is 0 Å². The third kappa shape index (κ3) is 5.92. The van der Waals surface area contributed by atoms with Gasteiger partial charge in [-0.15, -0.1) is 0 Å². The second kappa shape index (κ2) is 10.2. The van der Waals surface area contributed by atoms with Crippen molar-refractivity contribution in [1.82, 2.24) is 10.2 Å². The monoisotopic (exact) mass is 418 g/mol. The van der Waals surface area contributed by atoms with Crippen molar-refractivity contribution in [2.45, 2.75) is 25.5 Å². The molecular weight excluding hydrogens is 391 g/mol. The predicted octanol–water partition coefficient (Wildman–Crippen LogP) is 4.45. The van der Waals surface area contributed by atoms with Crippen LogP contribution < -0.4 is 10.1 Å². The molecule has 0 aromatic heterocycles. The van der Waals surface area contributed by atoms with Gasteiger partial charge in [-0.25, -0.2) is 4.39 Å². The smallest absolute Gasteiger partial charge is 0.251 e. The Morgan fingerprint density at radius 3 is 2.52 bits per heavy atom. The van der Waals surface area contributed by atoms with E-state index in [2.05, 4.69) is 46.6 Å². The average Bonchev–Trinajstić information content (AvgIpc) is 3.20. The molecule has 0 radical (unpaired) electrons. The summed E-state index contributed by atoms with van der Waals surface area (Å²) in [5.74, 6) is 0.465. The fourth-order valence-corrected chi connectivity index (χ4v) is 3.93. The van der Waals surface area contributed by atoms with Crippen LogP contribution in [0.5, 0.6) is 5.75 Å². The first kappa shape index (κ1) is 21.1. The number of carbonyl (C=O) groups excluding carboxylic acids is 1. The van der Waals surface area contributed by atoms with Crippen molar-refractivity contribution in [2.75, 3.05) is 19.6 Å². The molecule has 3 aromatic carbocycles. The highest BCUT2D eigenvalue weighted by Crippen LogP contribution is 2.28. The van der Waals surface area contributed by atoms with Gasteiger partial charge in [0, 0.05) is 38.2 Å². The third-order valence-electron chi connectivity index (χ3n) is 5.47. The molecular formula is C26H27FN2O2. The molecule has 160 valence electrons. The Balaban J connectivity index is 1.30. The summed E-state index contributed by atoms with van der Waals surface area (Å²) in [6.45, 7) is 3.07. The van der Waals surface area contributed by atoms with Gasteiger partial charge in [0.25, 0.3) is 5.91 Å². The fourth-order valence-electron chi connectivity index (χ4n) is 3.93. The Bertz CT molecular complexity index is 967. The molecule has 0 spiro atoms. The summed E-state index contributed by atoms with van der Waals surface area (Å²) in [6, 6.07) is 24.2. The van der Waals surface area contributed by atoms with Gasteiger partial charge in [-0.1, -0.05) is 48.5 Å². The highest BCUT2D eigenvalue weighted by Gasteiger charge is 2.24. The van der Waals surface area contributed by atoms with E-state index in [1.165, 1.54) is 35.4 Å². The molecule has 4 rings (SSSR count). The molecule has 0 aliphatic carbocycles. The van der Waals surface area contributed by atoms with Gasteiger partial charge in [0.2, 0.25) is 0 Å². The summed E-state index contributed by atoms with van der Waals surface area (Å²) in [6.07, 6.45) is 1.87. The Morgan fingerprint density at radius 1 is 1.00 bits per heavy atom. The van der Waals surface area contributed by atoms with Crippen molar-refractivity contribution in [3.8, 4) is 5.75 Å². The molecule has 3 aromatic rings. The van der Waals surface area contributed by atoms with Gasteiger partial charge in [-0.2, -0.15) is 0 Å². The second-order valence-corrected chi connectivity index (χ2v) is 7.89. The zero-order valence-corrected chi connectivity index (χ0v) is 17.5. The van der Waals surface area contributed by atoms with Gasteiger partial charge in [0.1, 0.15) is 17.7 Å². The van der Waals surface area contributed by atoms with E-state index in [1.807, 2.05) is 18.2 Å². The number of hydrogen-bond donors (Lipinski definition) is 1. The van der Waals surface area contributed by atoms with Crippen LogP contribution in [0.15, 0.2) is 78.9 Å². The quantitative estimate of drug-likeness (QED) is 0.522. The van der Waals surface area contributed by atoms with E-state index in [-0.39, 0.29) is 17.8 Å². The number of rotatable bonds is 9. The maximum atomic E-state index is 13.0. The van der Waals surface area contributed by atoms with Crippen LogP contribution in [0.1, 0.15) is 27.9 Å². The summed E-state index contributed by atoms with van der Waals surface area (Å²) >= 11 is 0. The van der Waals surface area contributed by atoms with Crippen molar-refractivity contribution in [3.05, 3.63) is 101 Å². The minimum Gasteiger partial charge on any atom is -0.488 e. The molecule has 1 atom stereocenters. The maximum Gasteiger partial charge on any atom is 0.251 e. The number of benzene rings is 3. The first-order valence-electron chi connectivity index (χ1n) is 10.7. The van der Waals surface area contributed by atoms with Gasteiger partial charge >= 0.3 is 0 Å². The number of hydrogen-bond acceptors (Lipinski definition) is 3. The number of amides is 1. The number of nitrogens with one attached hydrogen (secondary N) is 1. The summed E-state index contributed by atoms with van der Waals surface area (Å²) in [5, 5.41) is 2.93. The highest BCUT2D eigenvalue weighted by molar-refractivity contribution is 5.94. The van der Waals surface area contributed by atoms with E-state index in [4.69, 9.17) is 4.74 Å². The van der Waals surface area contributed by atoms with Crippen LogP contribution >= 0.6 is 0 Å². The molecule has 0 saturated carbocycles. The molecule has 5 heteroatoms. The predicted molar refractivity (Wildman–Crippen MR) is 120 cm³/mol. The number of para-hydroxylation sites is 1. The first-order chi connectivity index (χ1) is 15.2. The van der Waals surface area contributed by atoms with E-state index in [1.54, 1.807) is 0 Å². The van der Waals surface area contributed by atoms with Crippen molar-refractivity contribution in [3.63, 3.8) is 0 Å². The highest BCUT2D eigenvalue weighted by atomic mass is 19.1. The van der Waals surface area contributed by atoms with Gasteiger partial charge < -0.3 is 10.1 Å². The van der Waals surface area contributed by atoms with Crippen LogP contribution in [0.2, 0.25) is 0 Å². The minimum atomic E-state index is -0.343. The molecule has 1 heterocycles. The lowest BCUT2D eigenvalue weighted by Crippen LogP contribution is -2.36. The number of halogens is 1. The lowest BCUT2D eigenvalue weighted by Gasteiger charge is -2.25. The molecule has 31 heavy (non-hydrogen) atoms. The lowest BCUT2D eigenvalue weighted by atomic mass is 10.1. The SMILES string of the molecule is O=C(NCCCN(Cc1ccccc1)CC1Cc2ccccc2O1)c1ccc(F)cc1. The van der Waals surface area contributed by atoms with E-state index in [0.29, 0.717) is 12.1 Å². The summed E-state index contributed by atoms with van der Waals surface area (Å²) in [5.41, 5.74) is 2.99. The van der Waals surface area contributed by atoms with Crippen LogP contribution in [0.4, 0.5) is 4.39 Å². The molecule has 1 aliphatic rings. The van der Waals surface area contributed by atoms with Crippen LogP contribution in [0.3, 0.4) is 0 Å². The van der Waals surface area contributed by atoms with E-state index in [9.17, 15) is 9.18 Å². The summed E-state index contributed by atoms with van der Waals surface area (Å²) in [4.78, 5) is 14.6. The normalized spacial score (nSPS) is 14.8. The molecule has 1 aliphatic heterocycles. The molecule has 1 amide bonds. The molecule has 1 N–H and O–H groups in total. The van der Waals surface area contributed by atoms with Crippen LogP contribution in [0.25, 0.3) is 0 Å². The standard InChI is InChI=1S/C26H27FN2O2/c27-23-13-11-21(12-14-23)26(30)28-15-6-16-29(18-20-7-2-1-3-8-20)19-24-17-22-9-4-5-10-25(22)31-24/h1-5,7-14,24H,6,15-19H2,(H,28,30). The number of nitrogens with zero attached hydrogens (tertiary/aromatic N) is 1. The zero-order chi connectivity index (χ0) is 21.5. The van der Waals surface area contributed by atoms with Crippen LogP contribution in [-0.2, 0) is 13.0 Å². The molecule has 0 saturated heterocycles. The fraction of sp³-hybridized carbons (Fsp3) is 0.269. The average molecular weight is 419 g/mol. The van der Waals surface area contributed by atoms with Crippen molar-refractivity contribution in [1.29, 1.82) is 0 Å². The van der Waals surface area contributed by atoms with Crippen LogP contribution in [0, 0.1) is 5.82 Å². The van der Waals surface area contributed by atoms with Crippen molar-refractivity contribution in [2.24, 2.45) is 0 Å². The first-order valence-corrected chi connectivity index (χ1v) is 10.7. The molecule has 1 unspecified atom stereocenters. The number of fused-ring (bicyclic) bond motifs is 1. The molecule has 0 fully saturated rings. The van der Waals surface area contributed by atoms with Crippen LogP contribution in [-0.4, -0.2) is 36.5 Å². The third-order valence-corrected chi connectivity index (χ3v) is 5.47. The number of carbonyl (C=O) groups is 1. The van der Waals surface area contributed by atoms with Gasteiger partial charge in [-0.3, -0.25) is 9.69 Å². The van der Waals surface area contributed by atoms with Gasteiger partial charge in [0.15, 0.2) is 0 Å². The molecule has 0 bridgehead atoms. The van der Waals surface area contributed by atoms with Crippen molar-refractivity contribution >= 4 is 5.91 Å². The Hall–Kier alpha value is -3.18. The Morgan fingerprint density at radius 2 is 1.74 bits per heavy atom. The topological polar surface area (TPSA) is 41.6 Å². The summed E-state index contributed by atoms with van der Waals surface area (Å²) < 4.78 is 19.2. The Labute approximate surface area is 182 Å². The molecule has 4 nitrogen and oxygen atoms in total. The second-order valence-electron chi connectivity index (χ2n) is 7.89. The summed E-state index contributed by atoms with van der Waals surface area (Å²) in [7, 11) is 0. The van der Waals surface area contributed by atoms with E-state index in [0.717, 1.165) is 38.2 Å². The van der Waals surface area contributed by atoms with Gasteiger partial charge in [0.05, 0.1) is 0 Å². The zero-order valence-electron chi connectivity index (χ0n) is 17.5. The largest absolute Gasteiger partial charge is 0.488 e. The number of ether oxygens (including phenoxy) is 1. The van der Waals surface area contributed by atoms with Crippen molar-refractivity contribution < 1.29 is 13.9 Å². The Kier molecular flexibility index (Phi) is 6.95.